The molecule has 1 aromatic rings. The number of nitrogens with one attached hydrogen (secondary N) is 1. The molecule has 16 heavy (non-hydrogen) atoms. The number of nitrogen functional groups attached to an aromatic ring is 1. The number of rotatable bonds is 5. The fraction of sp³-hybridized carbons (Fsp3) is 0.636. The Morgan fingerprint density at radius 2 is 2.12 bits per heavy atom. The number of aromatic nitrogens is 2. The van der Waals surface area contributed by atoms with E-state index in [0.29, 0.717) is 17.8 Å². The summed E-state index contributed by atoms with van der Waals surface area (Å²) in [4.78, 5) is 8.07. The van der Waals surface area contributed by atoms with Crippen LogP contribution < -0.4 is 11.1 Å². The van der Waals surface area contributed by atoms with Gasteiger partial charge in [-0.15, -0.1) is 0 Å². The van der Waals surface area contributed by atoms with Crippen molar-refractivity contribution in [1.29, 1.82) is 0 Å². The van der Waals surface area contributed by atoms with Crippen LogP contribution in [0.15, 0.2) is 10.8 Å². The van der Waals surface area contributed by atoms with Crippen molar-refractivity contribution in [2.45, 2.75) is 39.7 Å². The molecule has 5 heteroatoms. The van der Waals surface area contributed by atoms with Crippen LogP contribution in [0.3, 0.4) is 0 Å². The molecule has 4 nitrogen and oxygen atoms in total. The summed E-state index contributed by atoms with van der Waals surface area (Å²) in [6.07, 6.45) is 3.78. The molecule has 0 saturated heterocycles. The number of halogens is 1. The van der Waals surface area contributed by atoms with Crippen molar-refractivity contribution in [3.8, 4) is 0 Å². The van der Waals surface area contributed by atoms with Gasteiger partial charge in [0.1, 0.15) is 22.4 Å². The molecule has 90 valence electrons. The van der Waals surface area contributed by atoms with Crippen molar-refractivity contribution >= 4 is 27.6 Å². The number of nitrogens with zero attached hydrogens (tertiary/aromatic N) is 2. The van der Waals surface area contributed by atoms with Gasteiger partial charge in [0.15, 0.2) is 0 Å². The van der Waals surface area contributed by atoms with Crippen molar-refractivity contribution < 1.29 is 0 Å². The van der Waals surface area contributed by atoms with Gasteiger partial charge in [0, 0.05) is 6.04 Å². The average molecular weight is 287 g/mol. The van der Waals surface area contributed by atoms with Gasteiger partial charge in [-0.3, -0.25) is 0 Å². The standard InChI is InChI=1S/C11H19BrN4/c1-4-7(2)5-8(3)16-11-9(12)10(13)14-6-15-11/h6-8H,4-5H2,1-3H3,(H3,13,14,15,16). The smallest absolute Gasteiger partial charge is 0.146 e. The Morgan fingerprint density at radius 1 is 1.44 bits per heavy atom. The van der Waals surface area contributed by atoms with Gasteiger partial charge in [-0.2, -0.15) is 0 Å². The van der Waals surface area contributed by atoms with Gasteiger partial charge in [-0.1, -0.05) is 20.3 Å². The fourth-order valence-corrected chi connectivity index (χ4v) is 1.87. The lowest BCUT2D eigenvalue weighted by atomic mass is 10.0. The third-order valence-electron chi connectivity index (χ3n) is 2.65. The van der Waals surface area contributed by atoms with Crippen molar-refractivity contribution in [3.63, 3.8) is 0 Å². The first-order valence-electron chi connectivity index (χ1n) is 5.57. The molecule has 0 amide bonds. The summed E-state index contributed by atoms with van der Waals surface area (Å²) in [7, 11) is 0. The summed E-state index contributed by atoms with van der Waals surface area (Å²) in [5, 5.41) is 3.34. The lowest BCUT2D eigenvalue weighted by molar-refractivity contribution is 0.483. The van der Waals surface area contributed by atoms with Crippen LogP contribution in [0.4, 0.5) is 11.6 Å². The molecule has 2 atom stereocenters. The highest BCUT2D eigenvalue weighted by molar-refractivity contribution is 9.10. The normalized spacial score (nSPS) is 14.5. The summed E-state index contributed by atoms with van der Waals surface area (Å²) < 4.78 is 0.742. The highest BCUT2D eigenvalue weighted by atomic mass is 79.9. The lowest BCUT2D eigenvalue weighted by Crippen LogP contribution is -2.19. The Kier molecular flexibility index (Phi) is 4.99. The first-order chi connectivity index (χ1) is 7.54. The highest BCUT2D eigenvalue weighted by Crippen LogP contribution is 2.25. The third kappa shape index (κ3) is 3.63. The van der Waals surface area contributed by atoms with Crippen LogP contribution in [-0.4, -0.2) is 16.0 Å². The quantitative estimate of drug-likeness (QED) is 0.873. The Morgan fingerprint density at radius 3 is 2.75 bits per heavy atom. The van der Waals surface area contributed by atoms with E-state index in [9.17, 15) is 0 Å². The molecule has 0 aliphatic rings. The van der Waals surface area contributed by atoms with Gasteiger partial charge >= 0.3 is 0 Å². The highest BCUT2D eigenvalue weighted by Gasteiger charge is 2.11. The molecule has 3 N–H and O–H groups in total. The molecule has 0 radical (unpaired) electrons. The third-order valence-corrected chi connectivity index (χ3v) is 3.43. The maximum atomic E-state index is 5.69. The van der Waals surface area contributed by atoms with E-state index in [1.807, 2.05) is 0 Å². The van der Waals surface area contributed by atoms with E-state index in [1.165, 1.54) is 12.7 Å². The molecule has 0 aromatic carbocycles. The monoisotopic (exact) mass is 286 g/mol. The summed E-state index contributed by atoms with van der Waals surface area (Å²) in [5.74, 6) is 1.94. The summed E-state index contributed by atoms with van der Waals surface area (Å²) >= 11 is 3.38. The molecule has 0 bridgehead atoms. The SMILES string of the molecule is CCC(C)CC(C)Nc1ncnc(N)c1Br. The van der Waals surface area contributed by atoms with Crippen molar-refractivity contribution in [3.05, 3.63) is 10.8 Å². The minimum absolute atomic E-state index is 0.376. The minimum Gasteiger partial charge on any atom is -0.383 e. The maximum Gasteiger partial charge on any atom is 0.146 e. The van der Waals surface area contributed by atoms with Crippen molar-refractivity contribution in [1.82, 2.24) is 9.97 Å². The Labute approximate surface area is 105 Å². The van der Waals surface area contributed by atoms with Crippen molar-refractivity contribution in [2.75, 3.05) is 11.1 Å². The zero-order valence-electron chi connectivity index (χ0n) is 10.00. The maximum absolute atomic E-state index is 5.69. The van der Waals surface area contributed by atoms with Crippen LogP contribution in [0.2, 0.25) is 0 Å². The zero-order chi connectivity index (χ0) is 12.1. The van der Waals surface area contributed by atoms with E-state index in [4.69, 9.17) is 5.73 Å². The minimum atomic E-state index is 0.376. The second-order valence-electron chi connectivity index (χ2n) is 4.22. The van der Waals surface area contributed by atoms with Crippen LogP contribution in [0.1, 0.15) is 33.6 Å². The predicted octanol–water partition coefficient (Wildman–Crippen LogP) is 3.06. The largest absolute Gasteiger partial charge is 0.383 e. The van der Waals surface area contributed by atoms with Gasteiger partial charge in [0.25, 0.3) is 0 Å². The Balaban J connectivity index is 2.62. The molecule has 0 saturated carbocycles. The number of hydrogen-bond acceptors (Lipinski definition) is 4. The topological polar surface area (TPSA) is 63.8 Å². The van der Waals surface area contributed by atoms with E-state index >= 15 is 0 Å². The Hall–Kier alpha value is -0.840. The van der Waals surface area contributed by atoms with Gasteiger partial charge in [-0.05, 0) is 35.2 Å². The van der Waals surface area contributed by atoms with E-state index < -0.39 is 0 Å². The van der Waals surface area contributed by atoms with E-state index in [1.54, 1.807) is 0 Å². The number of hydrogen-bond donors (Lipinski definition) is 2. The molecule has 1 aromatic heterocycles. The number of nitrogens with two attached hydrogens (primary N) is 1. The lowest BCUT2D eigenvalue weighted by Gasteiger charge is -2.18. The van der Waals surface area contributed by atoms with Gasteiger partial charge in [0.05, 0.1) is 0 Å². The molecule has 1 heterocycles. The summed E-state index contributed by atoms with van der Waals surface area (Å²) in [6, 6.07) is 0.376. The molecule has 0 aliphatic heterocycles. The van der Waals surface area contributed by atoms with Crippen LogP contribution in [-0.2, 0) is 0 Å². The first kappa shape index (κ1) is 13.2. The first-order valence-corrected chi connectivity index (χ1v) is 6.36. The Bertz CT molecular complexity index is 343. The van der Waals surface area contributed by atoms with E-state index in [2.05, 4.69) is 52.0 Å². The van der Waals surface area contributed by atoms with Crippen LogP contribution in [0.25, 0.3) is 0 Å². The zero-order valence-corrected chi connectivity index (χ0v) is 11.6. The van der Waals surface area contributed by atoms with Gasteiger partial charge < -0.3 is 11.1 Å². The molecule has 0 aliphatic carbocycles. The fourth-order valence-electron chi connectivity index (χ4n) is 1.55. The van der Waals surface area contributed by atoms with Gasteiger partial charge in [0.2, 0.25) is 0 Å². The van der Waals surface area contributed by atoms with Gasteiger partial charge in [-0.25, -0.2) is 9.97 Å². The average Bonchev–Trinajstić information content (AvgIpc) is 2.24. The molecule has 1 rings (SSSR count). The van der Waals surface area contributed by atoms with Crippen LogP contribution in [0.5, 0.6) is 0 Å². The van der Waals surface area contributed by atoms with Crippen LogP contribution >= 0.6 is 15.9 Å². The van der Waals surface area contributed by atoms with Crippen LogP contribution in [0, 0.1) is 5.92 Å². The number of anilines is 2. The molecule has 0 fully saturated rings. The predicted molar refractivity (Wildman–Crippen MR) is 71.3 cm³/mol. The summed E-state index contributed by atoms with van der Waals surface area (Å²) in [6.45, 7) is 6.61. The second-order valence-corrected chi connectivity index (χ2v) is 5.01. The second kappa shape index (κ2) is 6.03. The van der Waals surface area contributed by atoms with Crippen molar-refractivity contribution in [2.24, 2.45) is 5.92 Å². The van der Waals surface area contributed by atoms with E-state index in [-0.39, 0.29) is 0 Å². The molecular weight excluding hydrogens is 268 g/mol. The molecular formula is C11H19BrN4. The van der Waals surface area contributed by atoms with E-state index in [0.717, 1.165) is 16.7 Å². The molecule has 0 spiro atoms. The summed E-state index contributed by atoms with van der Waals surface area (Å²) in [5.41, 5.74) is 5.69. The molecule has 2 unspecified atom stereocenters.